The number of carbonyl (C=O) groups excluding carboxylic acids is 1. The van der Waals surface area contributed by atoms with Gasteiger partial charge in [0.05, 0.1) is 13.2 Å². The topological polar surface area (TPSA) is 64.6 Å². The number of aliphatic hydroxyl groups excluding tert-OH is 1. The summed E-state index contributed by atoms with van der Waals surface area (Å²) < 4.78 is 0. The lowest BCUT2D eigenvalue weighted by Gasteiger charge is -2.33. The van der Waals surface area contributed by atoms with Gasteiger partial charge in [0.25, 0.3) is 0 Å². The van der Waals surface area contributed by atoms with Gasteiger partial charge < -0.3 is 15.7 Å². The Morgan fingerprint density at radius 1 is 1.41 bits per heavy atom. The smallest absolute Gasteiger partial charge is 0.233 e. The lowest BCUT2D eigenvalue weighted by molar-refractivity contribution is -0.122. The highest BCUT2D eigenvalue weighted by Gasteiger charge is 2.21. The van der Waals surface area contributed by atoms with Gasteiger partial charge in [-0.2, -0.15) is 0 Å². The van der Waals surface area contributed by atoms with Crippen LogP contribution in [-0.4, -0.2) is 48.6 Å². The Bertz CT molecular complexity index is 485. The Labute approximate surface area is 132 Å². The molecule has 1 atom stereocenters. The molecule has 0 aromatic heterocycles. The van der Waals surface area contributed by atoms with Crippen LogP contribution in [0.1, 0.15) is 36.9 Å². The first-order chi connectivity index (χ1) is 10.6. The van der Waals surface area contributed by atoms with Crippen LogP contribution in [0.15, 0.2) is 24.3 Å². The van der Waals surface area contributed by atoms with Crippen molar-refractivity contribution in [1.82, 2.24) is 15.5 Å². The summed E-state index contributed by atoms with van der Waals surface area (Å²) in [7, 11) is 1.68. The second-order valence-electron chi connectivity index (χ2n) is 6.02. The Morgan fingerprint density at radius 3 is 2.77 bits per heavy atom. The first-order valence-electron chi connectivity index (χ1n) is 8.01. The number of carbonyl (C=O) groups is 1. The average Bonchev–Trinajstić information content (AvgIpc) is 2.56. The van der Waals surface area contributed by atoms with E-state index in [1.54, 1.807) is 7.05 Å². The third kappa shape index (κ3) is 4.80. The van der Waals surface area contributed by atoms with Gasteiger partial charge in [0.1, 0.15) is 0 Å². The van der Waals surface area contributed by atoms with Gasteiger partial charge in [-0.1, -0.05) is 24.3 Å². The molecule has 1 aliphatic rings. The van der Waals surface area contributed by atoms with E-state index in [1.807, 2.05) is 12.1 Å². The highest BCUT2D eigenvalue weighted by Crippen LogP contribution is 2.18. The van der Waals surface area contributed by atoms with Crippen molar-refractivity contribution < 1.29 is 9.90 Å². The van der Waals surface area contributed by atoms with Crippen LogP contribution in [0, 0.1) is 0 Å². The van der Waals surface area contributed by atoms with Gasteiger partial charge in [0.15, 0.2) is 0 Å². The normalized spacial score (nSPS) is 18.1. The maximum absolute atomic E-state index is 11.4. The number of hydrogen-bond acceptors (Lipinski definition) is 4. The fourth-order valence-corrected chi connectivity index (χ4v) is 2.95. The summed E-state index contributed by atoms with van der Waals surface area (Å²) in [5, 5.41) is 15.6. The molecular weight excluding hydrogens is 278 g/mol. The highest BCUT2D eigenvalue weighted by atomic mass is 16.3. The van der Waals surface area contributed by atoms with Gasteiger partial charge in [-0.15, -0.1) is 0 Å². The Kier molecular flexibility index (Phi) is 6.36. The molecule has 2 rings (SSSR count). The Morgan fingerprint density at radius 2 is 2.14 bits per heavy atom. The number of aliphatic hydroxyl groups is 1. The van der Waals surface area contributed by atoms with Crippen LogP contribution in [0.2, 0.25) is 0 Å². The average molecular weight is 305 g/mol. The van der Waals surface area contributed by atoms with E-state index in [2.05, 4.69) is 34.6 Å². The molecule has 1 heterocycles. The molecule has 5 heteroatoms. The van der Waals surface area contributed by atoms with Gasteiger partial charge in [0, 0.05) is 32.2 Å². The van der Waals surface area contributed by atoms with Crippen molar-refractivity contribution in [3.63, 3.8) is 0 Å². The van der Waals surface area contributed by atoms with Crippen LogP contribution in [0.4, 0.5) is 0 Å². The highest BCUT2D eigenvalue weighted by molar-refractivity contribution is 5.77. The molecule has 1 aliphatic heterocycles. The van der Waals surface area contributed by atoms with Crippen molar-refractivity contribution in [1.29, 1.82) is 0 Å². The van der Waals surface area contributed by atoms with E-state index in [1.165, 1.54) is 5.56 Å². The minimum absolute atomic E-state index is 0.0818. The molecular formula is C17H27N3O2. The zero-order valence-corrected chi connectivity index (χ0v) is 13.5. The summed E-state index contributed by atoms with van der Waals surface area (Å²) in [5.41, 5.74) is 2.16. The zero-order valence-electron chi connectivity index (χ0n) is 13.5. The first kappa shape index (κ1) is 16.9. The number of likely N-dealkylation sites (N-methyl/N-ethyl adjacent to an activating group) is 1. The maximum Gasteiger partial charge on any atom is 0.233 e. The predicted molar refractivity (Wildman–Crippen MR) is 87.4 cm³/mol. The fraction of sp³-hybridized carbons (Fsp3) is 0.588. The Balaban J connectivity index is 1.81. The summed E-state index contributed by atoms with van der Waals surface area (Å²) in [4.78, 5) is 13.6. The van der Waals surface area contributed by atoms with Gasteiger partial charge in [-0.3, -0.25) is 9.69 Å². The second kappa shape index (κ2) is 8.27. The molecule has 122 valence electrons. The van der Waals surface area contributed by atoms with Crippen LogP contribution >= 0.6 is 0 Å². The second-order valence-corrected chi connectivity index (χ2v) is 6.02. The molecule has 3 N–H and O–H groups in total. The van der Waals surface area contributed by atoms with Gasteiger partial charge in [-0.25, -0.2) is 0 Å². The third-order valence-electron chi connectivity index (χ3n) is 4.35. The van der Waals surface area contributed by atoms with E-state index in [-0.39, 0.29) is 18.6 Å². The summed E-state index contributed by atoms with van der Waals surface area (Å²) in [6.07, 6.45) is 2.11. The minimum Gasteiger partial charge on any atom is -0.392 e. The van der Waals surface area contributed by atoms with Crippen molar-refractivity contribution in [2.75, 3.05) is 26.7 Å². The molecule has 1 amide bonds. The molecule has 0 saturated carbocycles. The Hall–Kier alpha value is -1.43. The molecule has 0 aliphatic carbocycles. The number of rotatable bonds is 6. The number of piperidine rings is 1. The van der Waals surface area contributed by atoms with Crippen LogP contribution in [0.5, 0.6) is 0 Å². The van der Waals surface area contributed by atoms with E-state index in [9.17, 15) is 9.90 Å². The molecule has 5 nitrogen and oxygen atoms in total. The largest absolute Gasteiger partial charge is 0.392 e. The van der Waals surface area contributed by atoms with Crippen LogP contribution in [0.3, 0.4) is 0 Å². The van der Waals surface area contributed by atoms with Crippen molar-refractivity contribution >= 4 is 5.91 Å². The van der Waals surface area contributed by atoms with E-state index in [0.717, 1.165) is 31.5 Å². The number of hydrogen-bond donors (Lipinski definition) is 3. The van der Waals surface area contributed by atoms with E-state index in [4.69, 9.17) is 0 Å². The summed E-state index contributed by atoms with van der Waals surface area (Å²) in [5.74, 6) is 0.0839. The molecule has 1 aromatic rings. The molecule has 0 spiro atoms. The lowest BCUT2D eigenvalue weighted by atomic mass is 10.0. The summed E-state index contributed by atoms with van der Waals surface area (Å²) in [6, 6.07) is 8.82. The number of nitrogens with one attached hydrogen (secondary N) is 2. The van der Waals surface area contributed by atoms with Crippen molar-refractivity contribution in [2.45, 2.75) is 38.5 Å². The van der Waals surface area contributed by atoms with E-state index < -0.39 is 0 Å². The molecule has 1 saturated heterocycles. The third-order valence-corrected chi connectivity index (χ3v) is 4.35. The van der Waals surface area contributed by atoms with Crippen LogP contribution in [0.25, 0.3) is 0 Å². The number of amides is 1. The minimum atomic E-state index is 0.0818. The lowest BCUT2D eigenvalue weighted by Crippen LogP contribution is -2.46. The predicted octanol–water partition coefficient (Wildman–Crippen LogP) is 1.04. The van der Waals surface area contributed by atoms with Crippen molar-refractivity contribution in [3.05, 3.63) is 35.4 Å². The van der Waals surface area contributed by atoms with Gasteiger partial charge in [-0.05, 0) is 30.9 Å². The number of likely N-dealkylation sites (tertiary alicyclic amines) is 1. The molecule has 0 bridgehead atoms. The van der Waals surface area contributed by atoms with E-state index in [0.29, 0.717) is 12.6 Å². The molecule has 1 unspecified atom stereocenters. The fourth-order valence-electron chi connectivity index (χ4n) is 2.95. The standard InChI is InChI=1S/C17H27N3O2/c1-13(15-5-3-4-14(10-15)12-21)19-16-6-8-20(9-7-16)11-17(22)18-2/h3-5,10,13,16,19,21H,6-9,11-12H2,1-2H3,(H,18,22). The SMILES string of the molecule is CNC(=O)CN1CCC(NC(C)c2cccc(CO)c2)CC1. The summed E-state index contributed by atoms with van der Waals surface area (Å²) >= 11 is 0. The quantitative estimate of drug-likeness (QED) is 0.735. The molecule has 0 radical (unpaired) electrons. The van der Waals surface area contributed by atoms with Crippen LogP contribution in [-0.2, 0) is 11.4 Å². The number of benzene rings is 1. The van der Waals surface area contributed by atoms with Crippen molar-refractivity contribution in [3.8, 4) is 0 Å². The molecule has 22 heavy (non-hydrogen) atoms. The molecule has 1 aromatic carbocycles. The number of nitrogens with zero attached hydrogens (tertiary/aromatic N) is 1. The van der Waals surface area contributed by atoms with E-state index >= 15 is 0 Å². The van der Waals surface area contributed by atoms with Gasteiger partial charge >= 0.3 is 0 Å². The van der Waals surface area contributed by atoms with Crippen LogP contribution < -0.4 is 10.6 Å². The van der Waals surface area contributed by atoms with Gasteiger partial charge in [0.2, 0.25) is 5.91 Å². The summed E-state index contributed by atoms with van der Waals surface area (Å²) in [6.45, 7) is 4.64. The van der Waals surface area contributed by atoms with Crippen molar-refractivity contribution in [2.24, 2.45) is 0 Å². The maximum atomic E-state index is 11.4. The zero-order chi connectivity index (χ0) is 15.9. The first-order valence-corrected chi connectivity index (χ1v) is 8.01. The monoisotopic (exact) mass is 305 g/mol. The molecule has 1 fully saturated rings.